The molecule has 2 amide bonds. The number of aromatic nitrogens is 4. The molecule has 2 aliphatic rings. The first-order chi connectivity index (χ1) is 13.6. The lowest BCUT2D eigenvalue weighted by molar-refractivity contribution is -0.605. The van der Waals surface area contributed by atoms with E-state index in [0.29, 0.717) is 34.5 Å². The van der Waals surface area contributed by atoms with Crippen LogP contribution in [0, 0.1) is 16.5 Å². The highest BCUT2D eigenvalue weighted by Crippen LogP contribution is 2.57. The summed E-state index contributed by atoms with van der Waals surface area (Å²) in [7, 11) is 0. The Morgan fingerprint density at radius 3 is 2.86 bits per heavy atom. The van der Waals surface area contributed by atoms with Crippen LogP contribution in [0.1, 0.15) is 67.7 Å². The second kappa shape index (κ2) is 6.82. The van der Waals surface area contributed by atoms with Gasteiger partial charge in [0, 0.05) is 23.9 Å². The maximum atomic E-state index is 13.1. The van der Waals surface area contributed by atoms with Crippen molar-refractivity contribution in [2.24, 2.45) is 17.1 Å². The fourth-order valence-corrected chi connectivity index (χ4v) is 4.18. The number of nitrogens with two attached hydrogens (primary N) is 1. The molecule has 0 bridgehead atoms. The summed E-state index contributed by atoms with van der Waals surface area (Å²) in [4.78, 5) is 28.6. The molecule has 0 aliphatic heterocycles. The van der Waals surface area contributed by atoms with Crippen molar-refractivity contribution in [1.29, 1.82) is 0 Å². The van der Waals surface area contributed by atoms with Gasteiger partial charge < -0.3 is 16.3 Å². The number of nitrogens with zero attached hydrogens (tertiary/aromatic N) is 4. The topological polar surface area (TPSA) is 130 Å². The molecule has 0 aromatic carbocycles. The molecule has 2 heterocycles. The summed E-state index contributed by atoms with van der Waals surface area (Å²) < 4.78 is 2.32. The standard InChI is InChI=1S/C20H26N6O3/c1-20(2,3)14(4-5-15(21)27)23-19(28)17-13-9-11-8-12(11)18(13)26(24-17)16-10-25(29)7-6-22-16/h6-7,10-12,14H,4-5,8-9H2,1-3H3,(H2,21,27)(H,23,28)/t11-,12-,14+/m1/s1. The van der Waals surface area contributed by atoms with Gasteiger partial charge >= 0.3 is 0 Å². The predicted octanol–water partition coefficient (Wildman–Crippen LogP) is 0.970. The molecule has 3 N–H and O–H groups in total. The molecule has 0 spiro atoms. The first-order valence-electron chi connectivity index (χ1n) is 9.91. The Balaban J connectivity index is 1.65. The Hall–Kier alpha value is -2.97. The van der Waals surface area contributed by atoms with Crippen LogP contribution in [0.2, 0.25) is 0 Å². The van der Waals surface area contributed by atoms with E-state index in [1.54, 1.807) is 4.68 Å². The lowest BCUT2D eigenvalue weighted by Gasteiger charge is -2.31. The van der Waals surface area contributed by atoms with Gasteiger partial charge in [-0.3, -0.25) is 9.59 Å². The number of hydrogen-bond donors (Lipinski definition) is 2. The number of primary amides is 1. The molecule has 9 heteroatoms. The minimum atomic E-state index is -0.389. The largest absolute Gasteiger partial charge is 0.619 e. The van der Waals surface area contributed by atoms with E-state index in [1.807, 2.05) is 20.8 Å². The number of nitrogens with one attached hydrogen (secondary N) is 1. The highest BCUT2D eigenvalue weighted by molar-refractivity contribution is 5.94. The minimum Gasteiger partial charge on any atom is -0.619 e. The maximum absolute atomic E-state index is 13.1. The van der Waals surface area contributed by atoms with Crippen LogP contribution in [0.4, 0.5) is 0 Å². The molecule has 154 valence electrons. The number of carbonyl (C=O) groups is 2. The molecular formula is C20H26N6O3. The van der Waals surface area contributed by atoms with Crippen LogP contribution in [0.15, 0.2) is 18.6 Å². The number of fused-ring (bicyclic) bond motifs is 3. The van der Waals surface area contributed by atoms with Crippen LogP contribution in [0.5, 0.6) is 0 Å². The van der Waals surface area contributed by atoms with Gasteiger partial charge in [0.1, 0.15) is 0 Å². The zero-order valence-corrected chi connectivity index (χ0v) is 16.9. The fraction of sp³-hybridized carbons (Fsp3) is 0.550. The van der Waals surface area contributed by atoms with Crippen LogP contribution < -0.4 is 15.8 Å². The van der Waals surface area contributed by atoms with E-state index in [4.69, 9.17) is 5.73 Å². The Kier molecular flexibility index (Phi) is 4.55. The first-order valence-corrected chi connectivity index (χ1v) is 9.91. The van der Waals surface area contributed by atoms with Crippen LogP contribution in [0.3, 0.4) is 0 Å². The van der Waals surface area contributed by atoms with Gasteiger partial charge in [-0.1, -0.05) is 20.8 Å². The number of carbonyl (C=O) groups excluding carboxylic acids is 2. The zero-order valence-electron chi connectivity index (χ0n) is 16.9. The maximum Gasteiger partial charge on any atom is 0.272 e. The minimum absolute atomic E-state index is 0.205. The summed E-state index contributed by atoms with van der Waals surface area (Å²) in [5, 5.41) is 19.3. The highest BCUT2D eigenvalue weighted by atomic mass is 16.5. The molecule has 3 atom stereocenters. The predicted molar refractivity (Wildman–Crippen MR) is 104 cm³/mol. The lowest BCUT2D eigenvalue weighted by Crippen LogP contribution is -2.44. The second-order valence-electron chi connectivity index (χ2n) is 9.10. The smallest absolute Gasteiger partial charge is 0.272 e. The van der Waals surface area contributed by atoms with Crippen LogP contribution in [-0.2, 0) is 11.2 Å². The monoisotopic (exact) mass is 398 g/mol. The van der Waals surface area contributed by atoms with E-state index in [2.05, 4.69) is 15.4 Å². The molecular weight excluding hydrogens is 372 g/mol. The summed E-state index contributed by atoms with van der Waals surface area (Å²) in [6.45, 7) is 6.04. The van der Waals surface area contributed by atoms with Crippen molar-refractivity contribution >= 4 is 11.8 Å². The van der Waals surface area contributed by atoms with E-state index in [-0.39, 0.29) is 29.7 Å². The lowest BCUT2D eigenvalue weighted by atomic mass is 9.84. The molecule has 2 aliphatic carbocycles. The van der Waals surface area contributed by atoms with Crippen molar-refractivity contribution in [1.82, 2.24) is 20.1 Å². The SMILES string of the molecule is CC(C)(C)[C@H](CCC(N)=O)NC(=O)c1nn(-c2c[n+]([O-])ccn2)c2c1C[C@H]1C[C@@H]21. The van der Waals surface area contributed by atoms with Gasteiger partial charge in [-0.05, 0) is 30.6 Å². The van der Waals surface area contributed by atoms with Gasteiger partial charge in [-0.25, -0.2) is 9.67 Å². The summed E-state index contributed by atoms with van der Waals surface area (Å²) in [6, 6.07) is -0.224. The van der Waals surface area contributed by atoms with Gasteiger partial charge in [0.25, 0.3) is 5.91 Å². The van der Waals surface area contributed by atoms with Crippen molar-refractivity contribution in [3.63, 3.8) is 0 Å². The number of amides is 2. The molecule has 0 radical (unpaired) electrons. The van der Waals surface area contributed by atoms with Gasteiger partial charge in [0.05, 0.1) is 11.9 Å². The molecule has 9 nitrogen and oxygen atoms in total. The average Bonchev–Trinajstić information content (AvgIpc) is 3.13. The summed E-state index contributed by atoms with van der Waals surface area (Å²) >= 11 is 0. The van der Waals surface area contributed by atoms with E-state index in [9.17, 15) is 14.8 Å². The molecule has 29 heavy (non-hydrogen) atoms. The molecule has 0 saturated heterocycles. The number of rotatable bonds is 6. The molecule has 2 aromatic rings. The van der Waals surface area contributed by atoms with E-state index >= 15 is 0 Å². The van der Waals surface area contributed by atoms with Gasteiger partial charge in [-0.15, -0.1) is 0 Å². The quantitative estimate of drug-likeness (QED) is 0.553. The van der Waals surface area contributed by atoms with Crippen LogP contribution >= 0.6 is 0 Å². The molecule has 4 rings (SSSR count). The highest BCUT2D eigenvalue weighted by Gasteiger charge is 2.50. The molecule has 1 saturated carbocycles. The normalized spacial score (nSPS) is 20.7. The third-order valence-corrected chi connectivity index (χ3v) is 5.89. The fourth-order valence-electron chi connectivity index (χ4n) is 4.18. The van der Waals surface area contributed by atoms with Crippen LogP contribution in [-0.4, -0.2) is 32.6 Å². The summed E-state index contributed by atoms with van der Waals surface area (Å²) in [6.07, 6.45) is 6.66. The molecule has 0 unspecified atom stereocenters. The summed E-state index contributed by atoms with van der Waals surface area (Å²) in [5.41, 5.74) is 7.36. The third-order valence-electron chi connectivity index (χ3n) is 5.89. The van der Waals surface area contributed by atoms with Gasteiger partial charge in [0.15, 0.2) is 11.9 Å². The first kappa shape index (κ1) is 19.4. The Labute approximate surface area is 168 Å². The third kappa shape index (κ3) is 3.68. The van der Waals surface area contributed by atoms with Gasteiger partial charge in [0.2, 0.25) is 17.9 Å². The molecule has 1 fully saturated rings. The van der Waals surface area contributed by atoms with Crippen molar-refractivity contribution in [2.45, 2.75) is 58.4 Å². The zero-order chi connectivity index (χ0) is 20.9. The average molecular weight is 398 g/mol. The van der Waals surface area contributed by atoms with E-state index in [0.717, 1.165) is 24.1 Å². The second-order valence-corrected chi connectivity index (χ2v) is 9.10. The Morgan fingerprint density at radius 1 is 1.45 bits per heavy atom. The van der Waals surface area contributed by atoms with E-state index in [1.165, 1.54) is 18.6 Å². The molecule has 2 aromatic heterocycles. The Morgan fingerprint density at radius 2 is 2.21 bits per heavy atom. The van der Waals surface area contributed by atoms with Crippen LogP contribution in [0.25, 0.3) is 5.82 Å². The Bertz CT molecular complexity index is 977. The van der Waals surface area contributed by atoms with Crippen molar-refractivity contribution in [2.75, 3.05) is 0 Å². The van der Waals surface area contributed by atoms with Gasteiger partial charge in [-0.2, -0.15) is 9.83 Å². The number of hydrogen-bond acceptors (Lipinski definition) is 5. The van der Waals surface area contributed by atoms with Crippen molar-refractivity contribution in [3.8, 4) is 5.82 Å². The van der Waals surface area contributed by atoms with Crippen molar-refractivity contribution < 1.29 is 14.3 Å². The van der Waals surface area contributed by atoms with E-state index < -0.39 is 0 Å². The van der Waals surface area contributed by atoms with Crippen molar-refractivity contribution in [3.05, 3.63) is 40.7 Å². The summed E-state index contributed by atoms with van der Waals surface area (Å²) in [5.74, 6) is 0.662.